The molecule has 74 valence electrons. The number of hydrogen-bond acceptors (Lipinski definition) is 3. The van der Waals surface area contributed by atoms with Gasteiger partial charge in [0, 0.05) is 19.8 Å². The average Bonchev–Trinajstić information content (AvgIpc) is 2.11. The van der Waals surface area contributed by atoms with Gasteiger partial charge in [0.15, 0.2) is 6.19 Å². The molecule has 0 heterocycles. The van der Waals surface area contributed by atoms with E-state index in [4.69, 9.17) is 15.7 Å². The van der Waals surface area contributed by atoms with Crippen LogP contribution in [-0.2, 0) is 4.74 Å². The first-order chi connectivity index (χ1) is 6.31. The van der Waals surface area contributed by atoms with E-state index in [1.54, 1.807) is 6.19 Å². The third-order valence-corrected chi connectivity index (χ3v) is 1.26. The zero-order valence-electron chi connectivity index (χ0n) is 7.92. The molecule has 0 amide bonds. The summed E-state index contributed by atoms with van der Waals surface area (Å²) in [7, 11) is 0. The molecule has 0 aromatic rings. The van der Waals surface area contributed by atoms with E-state index >= 15 is 0 Å². The van der Waals surface area contributed by atoms with Gasteiger partial charge in [-0.05, 0) is 12.8 Å². The maximum atomic E-state index is 8.16. The highest BCUT2D eigenvalue weighted by atomic mass is 16.5. The summed E-state index contributed by atoms with van der Waals surface area (Å²) in [5.41, 5.74) is 5.30. The smallest absolute Gasteiger partial charge is 0.202 e. The van der Waals surface area contributed by atoms with Gasteiger partial charge in [0.1, 0.15) is 0 Å². The maximum absolute atomic E-state index is 8.16. The fourth-order valence-corrected chi connectivity index (χ4v) is 0.709. The lowest BCUT2D eigenvalue weighted by molar-refractivity contribution is 0.134. The van der Waals surface area contributed by atoms with E-state index in [0.717, 1.165) is 19.4 Å². The number of guanidine groups is 1. The lowest BCUT2D eigenvalue weighted by Crippen LogP contribution is -2.27. The summed E-state index contributed by atoms with van der Waals surface area (Å²) in [6.07, 6.45) is 3.55. The zero-order chi connectivity index (χ0) is 9.94. The molecule has 5 heteroatoms. The number of nitriles is 1. The van der Waals surface area contributed by atoms with Gasteiger partial charge in [0.25, 0.3) is 0 Å². The molecule has 13 heavy (non-hydrogen) atoms. The van der Waals surface area contributed by atoms with Crippen LogP contribution in [0.2, 0.25) is 0 Å². The number of nitrogens with two attached hydrogens (primary N) is 1. The van der Waals surface area contributed by atoms with Crippen molar-refractivity contribution in [2.45, 2.75) is 19.8 Å². The second kappa shape index (κ2) is 8.81. The summed E-state index contributed by atoms with van der Waals surface area (Å²) in [5, 5.41) is 10.4. The zero-order valence-corrected chi connectivity index (χ0v) is 7.92. The molecule has 0 saturated heterocycles. The molecule has 0 aliphatic heterocycles. The molecule has 0 radical (unpaired) electrons. The van der Waals surface area contributed by atoms with Crippen LogP contribution in [-0.4, -0.2) is 25.7 Å². The van der Waals surface area contributed by atoms with Gasteiger partial charge in [-0.3, -0.25) is 10.3 Å². The maximum Gasteiger partial charge on any atom is 0.202 e. The second-order valence-corrected chi connectivity index (χ2v) is 2.47. The molecule has 0 fully saturated rings. The van der Waals surface area contributed by atoms with Gasteiger partial charge in [-0.1, -0.05) is 6.92 Å². The van der Waals surface area contributed by atoms with E-state index in [0.29, 0.717) is 13.2 Å². The van der Waals surface area contributed by atoms with Crippen LogP contribution < -0.4 is 11.1 Å². The third-order valence-electron chi connectivity index (χ3n) is 1.26. The number of ether oxygens (including phenoxy) is 1. The first-order valence-corrected chi connectivity index (χ1v) is 4.34. The van der Waals surface area contributed by atoms with Crippen molar-refractivity contribution in [1.82, 2.24) is 5.32 Å². The normalized spacial score (nSPS) is 10.9. The second-order valence-electron chi connectivity index (χ2n) is 2.47. The predicted molar refractivity (Wildman–Crippen MR) is 51.0 cm³/mol. The summed E-state index contributed by atoms with van der Waals surface area (Å²) < 4.78 is 5.23. The molecule has 0 atom stereocenters. The molecule has 0 saturated carbocycles. The molecule has 0 rings (SSSR count). The van der Waals surface area contributed by atoms with Crippen molar-refractivity contribution in [3.63, 3.8) is 0 Å². The summed E-state index contributed by atoms with van der Waals surface area (Å²) in [6.45, 7) is 4.13. The van der Waals surface area contributed by atoms with Crippen LogP contribution in [0.15, 0.2) is 4.99 Å². The number of nitrogens with one attached hydrogen (secondary N) is 1. The fraction of sp³-hybridized carbons (Fsp3) is 0.750. The van der Waals surface area contributed by atoms with Crippen LogP contribution in [0.25, 0.3) is 0 Å². The van der Waals surface area contributed by atoms with Crippen LogP contribution in [0.1, 0.15) is 19.8 Å². The van der Waals surface area contributed by atoms with Crippen LogP contribution in [0, 0.1) is 11.5 Å². The van der Waals surface area contributed by atoms with Crippen molar-refractivity contribution in [2.75, 3.05) is 19.8 Å². The summed E-state index contributed by atoms with van der Waals surface area (Å²) in [5.74, 6) is 0.165. The Hall–Kier alpha value is -1.28. The van der Waals surface area contributed by atoms with E-state index in [1.165, 1.54) is 0 Å². The van der Waals surface area contributed by atoms with Crippen LogP contribution in [0.4, 0.5) is 0 Å². The third kappa shape index (κ3) is 8.63. The van der Waals surface area contributed by atoms with E-state index < -0.39 is 0 Å². The minimum absolute atomic E-state index is 0.165. The summed E-state index contributed by atoms with van der Waals surface area (Å²) in [4.78, 5) is 3.89. The predicted octanol–water partition coefficient (Wildman–Crippen LogP) is 0.188. The Labute approximate surface area is 78.6 Å². The monoisotopic (exact) mass is 184 g/mol. The average molecular weight is 184 g/mol. The summed E-state index contributed by atoms with van der Waals surface area (Å²) >= 11 is 0. The summed E-state index contributed by atoms with van der Waals surface area (Å²) in [6, 6.07) is 0. The van der Waals surface area contributed by atoms with Crippen molar-refractivity contribution >= 4 is 5.96 Å². The Morgan fingerprint density at radius 2 is 2.38 bits per heavy atom. The van der Waals surface area contributed by atoms with Gasteiger partial charge in [-0.2, -0.15) is 5.26 Å². The van der Waals surface area contributed by atoms with Gasteiger partial charge in [0.05, 0.1) is 0 Å². The number of nitrogens with zero attached hydrogens (tertiary/aromatic N) is 2. The van der Waals surface area contributed by atoms with Gasteiger partial charge >= 0.3 is 0 Å². The molecular formula is C8H16N4O. The number of rotatable bonds is 6. The molecule has 0 unspecified atom stereocenters. The SMILES string of the molecule is CCCOCCCN=C(N)NC#N. The highest BCUT2D eigenvalue weighted by Crippen LogP contribution is 1.85. The molecular weight excluding hydrogens is 168 g/mol. The van der Waals surface area contributed by atoms with E-state index in [-0.39, 0.29) is 5.96 Å². The molecule has 0 spiro atoms. The molecule has 0 aliphatic rings. The quantitative estimate of drug-likeness (QED) is 0.203. The topological polar surface area (TPSA) is 83.4 Å². The van der Waals surface area contributed by atoms with Crippen molar-refractivity contribution < 1.29 is 4.74 Å². The van der Waals surface area contributed by atoms with Crippen molar-refractivity contribution in [3.05, 3.63) is 0 Å². The van der Waals surface area contributed by atoms with Crippen LogP contribution >= 0.6 is 0 Å². The van der Waals surface area contributed by atoms with E-state index in [1.807, 2.05) is 0 Å². The van der Waals surface area contributed by atoms with E-state index in [2.05, 4.69) is 17.2 Å². The van der Waals surface area contributed by atoms with Gasteiger partial charge < -0.3 is 10.5 Å². The van der Waals surface area contributed by atoms with Crippen molar-refractivity contribution in [2.24, 2.45) is 10.7 Å². The highest BCUT2D eigenvalue weighted by Gasteiger charge is 1.89. The molecule has 0 aromatic carbocycles. The lowest BCUT2D eigenvalue weighted by atomic mass is 10.4. The molecule has 0 bridgehead atoms. The Morgan fingerprint density at radius 3 is 3.00 bits per heavy atom. The number of hydrogen-bond donors (Lipinski definition) is 2. The molecule has 5 nitrogen and oxygen atoms in total. The Kier molecular flexibility index (Phi) is 7.95. The van der Waals surface area contributed by atoms with Gasteiger partial charge in [-0.25, -0.2) is 0 Å². The fourth-order valence-electron chi connectivity index (χ4n) is 0.709. The lowest BCUT2D eigenvalue weighted by Gasteiger charge is -2.00. The first-order valence-electron chi connectivity index (χ1n) is 4.34. The number of aliphatic imine (C=N–C) groups is 1. The van der Waals surface area contributed by atoms with Crippen LogP contribution in [0.5, 0.6) is 0 Å². The standard InChI is InChI=1S/C8H16N4O/c1-2-5-13-6-3-4-11-8(10)12-7-9/h2-6H2,1H3,(H3,10,11,12). The van der Waals surface area contributed by atoms with E-state index in [9.17, 15) is 0 Å². The first kappa shape index (κ1) is 11.7. The Morgan fingerprint density at radius 1 is 1.62 bits per heavy atom. The molecule has 0 aliphatic carbocycles. The molecule has 3 N–H and O–H groups in total. The largest absolute Gasteiger partial charge is 0.381 e. The Bertz CT molecular complexity index is 185. The Balaban J connectivity index is 3.24. The van der Waals surface area contributed by atoms with Gasteiger partial charge in [0.2, 0.25) is 5.96 Å². The van der Waals surface area contributed by atoms with Crippen LogP contribution in [0.3, 0.4) is 0 Å². The van der Waals surface area contributed by atoms with Crippen molar-refractivity contribution in [1.29, 1.82) is 5.26 Å². The minimum Gasteiger partial charge on any atom is -0.381 e. The minimum atomic E-state index is 0.165. The van der Waals surface area contributed by atoms with Gasteiger partial charge in [-0.15, -0.1) is 0 Å². The van der Waals surface area contributed by atoms with Crippen molar-refractivity contribution in [3.8, 4) is 6.19 Å². The highest BCUT2D eigenvalue weighted by molar-refractivity contribution is 5.79. The molecule has 0 aromatic heterocycles.